The van der Waals surface area contributed by atoms with Crippen LogP contribution < -0.4 is 15.5 Å². The van der Waals surface area contributed by atoms with Crippen LogP contribution in [-0.2, 0) is 0 Å². The molecule has 2 saturated heterocycles. The number of para-hydroxylation sites is 2. The van der Waals surface area contributed by atoms with E-state index in [-0.39, 0.29) is 5.91 Å². The molecule has 2 N–H and O–H groups in total. The van der Waals surface area contributed by atoms with Crippen LogP contribution in [-0.4, -0.2) is 25.5 Å². The van der Waals surface area contributed by atoms with Crippen LogP contribution in [0.3, 0.4) is 0 Å². The van der Waals surface area contributed by atoms with Gasteiger partial charge in [0.1, 0.15) is 0 Å². The molecule has 1 aromatic carbocycles. The fourth-order valence-corrected chi connectivity index (χ4v) is 4.60. The highest BCUT2D eigenvalue weighted by Gasteiger charge is 2.21. The molecule has 0 bridgehead atoms. The fraction of sp³-hybridized carbons (Fsp3) is 0.421. The first-order valence-corrected chi connectivity index (χ1v) is 9.61. The maximum absolute atomic E-state index is 12.7. The maximum Gasteiger partial charge on any atom is 0.265 e. The first-order valence-electron chi connectivity index (χ1n) is 8.80. The van der Waals surface area contributed by atoms with Gasteiger partial charge in [0.2, 0.25) is 0 Å². The smallest absolute Gasteiger partial charge is 0.265 e. The summed E-state index contributed by atoms with van der Waals surface area (Å²) in [6, 6.07) is 12.6. The minimum atomic E-state index is -0.00380. The fourth-order valence-electron chi connectivity index (χ4n) is 3.59. The molecule has 2 aromatic rings. The summed E-state index contributed by atoms with van der Waals surface area (Å²) in [6.45, 7) is 3.22. The van der Waals surface area contributed by atoms with Gasteiger partial charge in [-0.1, -0.05) is 12.1 Å². The number of benzene rings is 1. The van der Waals surface area contributed by atoms with Crippen LogP contribution in [0.25, 0.3) is 0 Å². The molecule has 2 aliphatic heterocycles. The second-order valence-corrected chi connectivity index (χ2v) is 7.63. The molecule has 3 heterocycles. The molecule has 1 atom stereocenters. The Balaban J connectivity index is 1.50. The Labute approximate surface area is 146 Å². The molecular formula is C19H23N3OS. The Morgan fingerprint density at radius 2 is 1.96 bits per heavy atom. The van der Waals surface area contributed by atoms with Crippen molar-refractivity contribution in [3.63, 3.8) is 0 Å². The van der Waals surface area contributed by atoms with E-state index < -0.39 is 0 Å². The first-order chi connectivity index (χ1) is 11.8. The number of rotatable bonds is 4. The van der Waals surface area contributed by atoms with Crippen molar-refractivity contribution in [2.24, 2.45) is 0 Å². The van der Waals surface area contributed by atoms with Crippen LogP contribution in [0, 0.1) is 0 Å². The van der Waals surface area contributed by atoms with Crippen molar-refractivity contribution < 1.29 is 4.79 Å². The van der Waals surface area contributed by atoms with Crippen LogP contribution in [0.4, 0.5) is 11.4 Å². The minimum absolute atomic E-state index is 0.00380. The summed E-state index contributed by atoms with van der Waals surface area (Å²) in [5.74, 6) is -0.00380. The SMILES string of the molecule is O=C(Nc1ccccc1N1CCCC1)c1ccc([C@H]2CCCN2)s1. The molecule has 24 heavy (non-hydrogen) atoms. The Morgan fingerprint density at radius 3 is 2.75 bits per heavy atom. The topological polar surface area (TPSA) is 44.4 Å². The Kier molecular flexibility index (Phi) is 4.54. The number of carbonyl (C=O) groups is 1. The molecule has 1 aromatic heterocycles. The van der Waals surface area contributed by atoms with Crippen LogP contribution >= 0.6 is 11.3 Å². The number of nitrogens with one attached hydrogen (secondary N) is 2. The average molecular weight is 341 g/mol. The van der Waals surface area contributed by atoms with Gasteiger partial charge in [0.25, 0.3) is 5.91 Å². The van der Waals surface area contributed by atoms with E-state index in [9.17, 15) is 4.79 Å². The lowest BCUT2D eigenvalue weighted by molar-refractivity contribution is 0.103. The highest BCUT2D eigenvalue weighted by atomic mass is 32.1. The lowest BCUT2D eigenvalue weighted by Gasteiger charge is -2.21. The predicted octanol–water partition coefficient (Wildman–Crippen LogP) is 4.03. The van der Waals surface area contributed by atoms with E-state index in [1.165, 1.54) is 30.6 Å². The lowest BCUT2D eigenvalue weighted by Crippen LogP contribution is -2.20. The van der Waals surface area contributed by atoms with Gasteiger partial charge in [0, 0.05) is 24.0 Å². The molecule has 1 amide bonds. The van der Waals surface area contributed by atoms with Crippen LogP contribution in [0.5, 0.6) is 0 Å². The van der Waals surface area contributed by atoms with E-state index in [1.807, 2.05) is 24.3 Å². The molecule has 5 heteroatoms. The number of anilines is 2. The molecular weight excluding hydrogens is 318 g/mol. The normalized spacial score (nSPS) is 20.5. The van der Waals surface area contributed by atoms with Gasteiger partial charge in [-0.3, -0.25) is 4.79 Å². The summed E-state index contributed by atoms with van der Waals surface area (Å²) >= 11 is 1.61. The average Bonchev–Trinajstić information content (AvgIpc) is 3.35. The van der Waals surface area contributed by atoms with E-state index in [0.717, 1.165) is 35.9 Å². The van der Waals surface area contributed by atoms with Gasteiger partial charge in [0.05, 0.1) is 16.3 Å². The minimum Gasteiger partial charge on any atom is -0.370 e. The van der Waals surface area contributed by atoms with Gasteiger partial charge in [-0.15, -0.1) is 11.3 Å². The first kappa shape index (κ1) is 15.7. The summed E-state index contributed by atoms with van der Waals surface area (Å²) in [6.07, 6.45) is 4.84. The Morgan fingerprint density at radius 1 is 1.12 bits per heavy atom. The summed E-state index contributed by atoms with van der Waals surface area (Å²) < 4.78 is 0. The third kappa shape index (κ3) is 3.19. The van der Waals surface area contributed by atoms with Gasteiger partial charge >= 0.3 is 0 Å². The van der Waals surface area contributed by atoms with Gasteiger partial charge < -0.3 is 15.5 Å². The number of nitrogens with zero attached hydrogens (tertiary/aromatic N) is 1. The zero-order chi connectivity index (χ0) is 16.4. The van der Waals surface area contributed by atoms with Crippen molar-refractivity contribution in [1.82, 2.24) is 5.32 Å². The molecule has 0 saturated carbocycles. The number of hydrogen-bond acceptors (Lipinski definition) is 4. The van der Waals surface area contributed by atoms with E-state index in [4.69, 9.17) is 0 Å². The quantitative estimate of drug-likeness (QED) is 0.883. The Bertz CT molecular complexity index is 715. The van der Waals surface area contributed by atoms with Crippen LogP contribution in [0.2, 0.25) is 0 Å². The zero-order valence-corrected chi connectivity index (χ0v) is 14.6. The van der Waals surface area contributed by atoms with Crippen molar-refractivity contribution in [1.29, 1.82) is 0 Å². The lowest BCUT2D eigenvalue weighted by atomic mass is 10.2. The second-order valence-electron chi connectivity index (χ2n) is 6.52. The van der Waals surface area contributed by atoms with Crippen molar-refractivity contribution in [3.8, 4) is 0 Å². The molecule has 0 aliphatic carbocycles. The molecule has 2 fully saturated rings. The molecule has 0 radical (unpaired) electrons. The molecule has 0 spiro atoms. The third-order valence-corrected chi connectivity index (χ3v) is 6.05. The summed E-state index contributed by atoms with van der Waals surface area (Å²) in [5.41, 5.74) is 2.05. The number of amides is 1. The molecule has 0 unspecified atom stereocenters. The van der Waals surface area contributed by atoms with Crippen molar-refractivity contribution in [2.75, 3.05) is 29.9 Å². The van der Waals surface area contributed by atoms with Crippen molar-refractivity contribution in [3.05, 3.63) is 46.2 Å². The van der Waals surface area contributed by atoms with Crippen molar-refractivity contribution >= 4 is 28.6 Å². The number of thiophene rings is 1. The third-order valence-electron chi connectivity index (χ3n) is 4.85. The molecule has 4 rings (SSSR count). The van der Waals surface area contributed by atoms with E-state index in [0.29, 0.717) is 6.04 Å². The van der Waals surface area contributed by atoms with Gasteiger partial charge in [-0.05, 0) is 56.5 Å². The summed E-state index contributed by atoms with van der Waals surface area (Å²) in [4.78, 5) is 17.1. The van der Waals surface area contributed by atoms with Crippen LogP contribution in [0.15, 0.2) is 36.4 Å². The molecule has 126 valence electrons. The summed E-state index contributed by atoms with van der Waals surface area (Å²) in [7, 11) is 0. The summed E-state index contributed by atoms with van der Waals surface area (Å²) in [5, 5.41) is 6.61. The van der Waals surface area contributed by atoms with E-state index in [1.54, 1.807) is 11.3 Å². The highest BCUT2D eigenvalue weighted by molar-refractivity contribution is 7.14. The monoisotopic (exact) mass is 341 g/mol. The highest BCUT2D eigenvalue weighted by Crippen LogP contribution is 2.32. The van der Waals surface area contributed by atoms with Gasteiger partial charge in [0.15, 0.2) is 0 Å². The molecule has 4 nitrogen and oxygen atoms in total. The van der Waals surface area contributed by atoms with E-state index >= 15 is 0 Å². The van der Waals surface area contributed by atoms with Crippen LogP contribution in [0.1, 0.15) is 46.3 Å². The standard InChI is InChI=1S/C19H23N3OS/c23-19(18-10-9-17(24-18)15-7-5-11-20-15)21-14-6-1-2-8-16(14)22-12-3-4-13-22/h1-2,6,8-10,15,20H,3-5,7,11-13H2,(H,21,23)/t15-/m1/s1. The van der Waals surface area contributed by atoms with Crippen molar-refractivity contribution in [2.45, 2.75) is 31.7 Å². The number of carbonyl (C=O) groups excluding carboxylic acids is 1. The zero-order valence-electron chi connectivity index (χ0n) is 13.8. The number of hydrogen-bond donors (Lipinski definition) is 2. The predicted molar refractivity (Wildman–Crippen MR) is 100 cm³/mol. The van der Waals surface area contributed by atoms with E-state index in [2.05, 4.69) is 27.7 Å². The largest absolute Gasteiger partial charge is 0.370 e. The second kappa shape index (κ2) is 6.95. The Hall–Kier alpha value is -1.85. The van der Waals surface area contributed by atoms with Gasteiger partial charge in [-0.2, -0.15) is 0 Å². The molecule has 2 aliphatic rings. The maximum atomic E-state index is 12.7. The van der Waals surface area contributed by atoms with Gasteiger partial charge in [-0.25, -0.2) is 0 Å².